The maximum absolute atomic E-state index is 6.31. The molecular weight excluding hydrogens is 244 g/mol. The number of pyridine rings is 1. The van der Waals surface area contributed by atoms with Crippen LogP contribution in [0.15, 0.2) is 22.9 Å². The van der Waals surface area contributed by atoms with Crippen molar-refractivity contribution in [2.24, 2.45) is 5.73 Å². The van der Waals surface area contributed by atoms with E-state index in [0.717, 1.165) is 25.7 Å². The van der Waals surface area contributed by atoms with Crippen molar-refractivity contribution in [2.45, 2.75) is 31.2 Å². The van der Waals surface area contributed by atoms with Gasteiger partial charge in [-0.25, -0.2) is 4.98 Å². The van der Waals surface area contributed by atoms with E-state index in [0.29, 0.717) is 23.2 Å². The van der Waals surface area contributed by atoms with Crippen LogP contribution in [0.25, 0.3) is 11.5 Å². The average Bonchev–Trinajstić information content (AvgIpc) is 3.08. The van der Waals surface area contributed by atoms with Gasteiger partial charge < -0.3 is 15.0 Å². The largest absolute Gasteiger partial charge is 0.480 e. The third kappa shape index (κ3) is 2.08. The van der Waals surface area contributed by atoms with Gasteiger partial charge in [0.05, 0.1) is 12.6 Å². The molecule has 1 aliphatic rings. The molecule has 1 saturated carbocycles. The summed E-state index contributed by atoms with van der Waals surface area (Å²) in [6.45, 7) is 0. The van der Waals surface area contributed by atoms with Crippen LogP contribution in [-0.2, 0) is 5.54 Å². The Kier molecular flexibility index (Phi) is 2.94. The minimum absolute atomic E-state index is 0.400. The fourth-order valence-corrected chi connectivity index (χ4v) is 2.48. The van der Waals surface area contributed by atoms with Crippen molar-refractivity contribution in [3.63, 3.8) is 0 Å². The first-order chi connectivity index (χ1) is 9.23. The molecule has 0 spiro atoms. The van der Waals surface area contributed by atoms with Gasteiger partial charge in [-0.3, -0.25) is 0 Å². The molecule has 0 amide bonds. The van der Waals surface area contributed by atoms with Gasteiger partial charge in [-0.2, -0.15) is 4.98 Å². The highest BCUT2D eigenvalue weighted by molar-refractivity contribution is 5.59. The topological polar surface area (TPSA) is 87.1 Å². The molecule has 3 rings (SSSR count). The number of rotatable bonds is 3. The maximum Gasteiger partial charge on any atom is 0.263 e. The SMILES string of the molecule is COc1ncccc1-c1nc(C2(N)CCCC2)no1. The summed E-state index contributed by atoms with van der Waals surface area (Å²) in [4.78, 5) is 8.54. The van der Waals surface area contributed by atoms with Crippen LogP contribution in [0.4, 0.5) is 0 Å². The lowest BCUT2D eigenvalue weighted by atomic mass is 9.99. The van der Waals surface area contributed by atoms with Gasteiger partial charge in [-0.05, 0) is 25.0 Å². The highest BCUT2D eigenvalue weighted by atomic mass is 16.5. The second kappa shape index (κ2) is 4.62. The zero-order chi connectivity index (χ0) is 13.3. The monoisotopic (exact) mass is 260 g/mol. The van der Waals surface area contributed by atoms with Crippen molar-refractivity contribution in [1.29, 1.82) is 0 Å². The number of methoxy groups -OCH3 is 1. The second-order valence-electron chi connectivity index (χ2n) is 4.85. The summed E-state index contributed by atoms with van der Waals surface area (Å²) in [6.07, 6.45) is 5.67. The molecule has 100 valence electrons. The summed E-state index contributed by atoms with van der Waals surface area (Å²) >= 11 is 0. The Morgan fingerprint density at radius 1 is 1.37 bits per heavy atom. The quantitative estimate of drug-likeness (QED) is 0.906. The average molecular weight is 260 g/mol. The number of nitrogens with zero attached hydrogens (tertiary/aromatic N) is 3. The third-order valence-electron chi connectivity index (χ3n) is 3.56. The van der Waals surface area contributed by atoms with Crippen LogP contribution in [0.5, 0.6) is 5.88 Å². The molecule has 19 heavy (non-hydrogen) atoms. The molecule has 0 aliphatic heterocycles. The van der Waals surface area contributed by atoms with E-state index in [1.165, 1.54) is 0 Å². The van der Waals surface area contributed by atoms with Gasteiger partial charge in [0, 0.05) is 6.20 Å². The van der Waals surface area contributed by atoms with Crippen LogP contribution >= 0.6 is 0 Å². The first kappa shape index (κ1) is 12.1. The van der Waals surface area contributed by atoms with E-state index in [4.69, 9.17) is 15.0 Å². The molecule has 1 fully saturated rings. The Labute approximate surface area is 111 Å². The maximum atomic E-state index is 6.31. The van der Waals surface area contributed by atoms with Crippen molar-refractivity contribution in [3.8, 4) is 17.3 Å². The summed E-state index contributed by atoms with van der Waals surface area (Å²) in [5, 5.41) is 4.03. The second-order valence-corrected chi connectivity index (χ2v) is 4.85. The number of ether oxygens (including phenoxy) is 1. The summed E-state index contributed by atoms with van der Waals surface area (Å²) in [5.74, 6) is 1.44. The number of hydrogen-bond donors (Lipinski definition) is 1. The minimum Gasteiger partial charge on any atom is -0.480 e. The molecule has 2 aromatic rings. The normalized spacial score (nSPS) is 17.6. The Balaban J connectivity index is 1.97. The molecule has 0 unspecified atom stereocenters. The van der Waals surface area contributed by atoms with E-state index in [1.54, 1.807) is 19.4 Å². The van der Waals surface area contributed by atoms with Crippen molar-refractivity contribution in [3.05, 3.63) is 24.2 Å². The molecule has 6 nitrogen and oxygen atoms in total. The fraction of sp³-hybridized carbons (Fsp3) is 0.462. The van der Waals surface area contributed by atoms with Gasteiger partial charge in [0.1, 0.15) is 5.56 Å². The van der Waals surface area contributed by atoms with E-state index in [2.05, 4.69) is 15.1 Å². The Hall–Kier alpha value is -1.95. The molecule has 6 heteroatoms. The molecule has 0 radical (unpaired) electrons. The van der Waals surface area contributed by atoms with E-state index in [-0.39, 0.29) is 0 Å². The molecule has 2 aromatic heterocycles. The van der Waals surface area contributed by atoms with Crippen LogP contribution in [0.1, 0.15) is 31.5 Å². The molecule has 2 N–H and O–H groups in total. The molecule has 0 atom stereocenters. The highest BCUT2D eigenvalue weighted by Crippen LogP contribution is 2.36. The molecule has 0 aromatic carbocycles. The molecule has 1 aliphatic carbocycles. The van der Waals surface area contributed by atoms with Crippen molar-refractivity contribution < 1.29 is 9.26 Å². The van der Waals surface area contributed by atoms with Crippen molar-refractivity contribution in [2.75, 3.05) is 7.11 Å². The number of hydrogen-bond acceptors (Lipinski definition) is 6. The molecule has 2 heterocycles. The third-order valence-corrected chi connectivity index (χ3v) is 3.56. The lowest BCUT2D eigenvalue weighted by molar-refractivity contribution is 0.369. The first-order valence-corrected chi connectivity index (χ1v) is 6.35. The summed E-state index contributed by atoms with van der Waals surface area (Å²) in [5.41, 5.74) is 6.55. The van der Waals surface area contributed by atoms with Gasteiger partial charge in [0.2, 0.25) is 5.88 Å². The van der Waals surface area contributed by atoms with E-state index in [9.17, 15) is 0 Å². The van der Waals surface area contributed by atoms with Crippen LogP contribution in [0.2, 0.25) is 0 Å². The number of nitrogens with two attached hydrogens (primary N) is 1. The predicted molar refractivity (Wildman–Crippen MR) is 68.4 cm³/mol. The molecular formula is C13H16N4O2. The van der Waals surface area contributed by atoms with Gasteiger partial charge in [0.25, 0.3) is 5.89 Å². The highest BCUT2D eigenvalue weighted by Gasteiger charge is 2.36. The van der Waals surface area contributed by atoms with Crippen molar-refractivity contribution >= 4 is 0 Å². The molecule has 0 saturated heterocycles. The zero-order valence-corrected chi connectivity index (χ0v) is 10.8. The van der Waals surface area contributed by atoms with E-state index < -0.39 is 5.54 Å². The number of aromatic nitrogens is 3. The van der Waals surface area contributed by atoms with Gasteiger partial charge in [-0.1, -0.05) is 18.0 Å². The lowest BCUT2D eigenvalue weighted by Crippen LogP contribution is -2.34. The summed E-state index contributed by atoms with van der Waals surface area (Å²) < 4.78 is 10.5. The van der Waals surface area contributed by atoms with Gasteiger partial charge >= 0.3 is 0 Å². The first-order valence-electron chi connectivity index (χ1n) is 6.35. The summed E-state index contributed by atoms with van der Waals surface area (Å²) in [7, 11) is 1.56. The lowest BCUT2D eigenvalue weighted by Gasteiger charge is -2.17. The fourth-order valence-electron chi connectivity index (χ4n) is 2.48. The smallest absolute Gasteiger partial charge is 0.263 e. The predicted octanol–water partition coefficient (Wildman–Crippen LogP) is 1.87. The van der Waals surface area contributed by atoms with Crippen LogP contribution in [0.3, 0.4) is 0 Å². The standard InChI is InChI=1S/C13H16N4O2/c1-18-10-9(5-4-8-15-10)11-16-12(17-19-11)13(14)6-2-3-7-13/h4-5,8H,2-3,6-7,14H2,1H3. The van der Waals surface area contributed by atoms with Gasteiger partial charge in [-0.15, -0.1) is 0 Å². The Morgan fingerprint density at radius 2 is 2.16 bits per heavy atom. The van der Waals surface area contributed by atoms with Crippen LogP contribution < -0.4 is 10.5 Å². The summed E-state index contributed by atoms with van der Waals surface area (Å²) in [6, 6.07) is 3.64. The van der Waals surface area contributed by atoms with E-state index in [1.807, 2.05) is 6.07 Å². The minimum atomic E-state index is -0.447. The van der Waals surface area contributed by atoms with Crippen LogP contribution in [0, 0.1) is 0 Å². The van der Waals surface area contributed by atoms with Crippen LogP contribution in [-0.4, -0.2) is 22.2 Å². The van der Waals surface area contributed by atoms with Gasteiger partial charge in [0.15, 0.2) is 5.82 Å². The van der Waals surface area contributed by atoms with Crippen molar-refractivity contribution in [1.82, 2.24) is 15.1 Å². The van der Waals surface area contributed by atoms with E-state index >= 15 is 0 Å². The Bertz CT molecular complexity index is 576. The zero-order valence-electron chi connectivity index (χ0n) is 10.8. The molecule has 0 bridgehead atoms. The Morgan fingerprint density at radius 3 is 2.89 bits per heavy atom.